The lowest BCUT2D eigenvalue weighted by Crippen LogP contribution is -2.56. The third-order valence-electron chi connectivity index (χ3n) is 4.90. The van der Waals surface area contributed by atoms with E-state index in [1.54, 1.807) is 7.11 Å². The van der Waals surface area contributed by atoms with E-state index in [1.165, 1.54) is 0 Å². The third-order valence-corrected chi connectivity index (χ3v) is 4.90. The topological polar surface area (TPSA) is 76.7 Å². The molecule has 1 heterocycles. The third kappa shape index (κ3) is 3.98. The van der Waals surface area contributed by atoms with Crippen molar-refractivity contribution in [1.82, 2.24) is 10.6 Å². The number of carbonyl (C=O) groups excluding carboxylic acids is 2. The number of amides is 1. The molecule has 126 valence electrons. The van der Waals surface area contributed by atoms with Gasteiger partial charge in [-0.25, -0.2) is 0 Å². The van der Waals surface area contributed by atoms with E-state index in [0.717, 1.165) is 38.8 Å². The first-order chi connectivity index (χ1) is 10.6. The zero-order valence-corrected chi connectivity index (χ0v) is 13.7. The Morgan fingerprint density at radius 3 is 2.36 bits per heavy atom. The molecule has 2 fully saturated rings. The molecule has 0 unspecified atom stereocenters. The Hall–Kier alpha value is -1.14. The highest BCUT2D eigenvalue weighted by atomic mass is 16.5. The lowest BCUT2D eigenvalue weighted by Gasteiger charge is -2.37. The highest BCUT2D eigenvalue weighted by Crippen LogP contribution is 2.27. The number of piperidine rings is 1. The average molecular weight is 312 g/mol. The number of nitrogens with one attached hydrogen (secondary N) is 2. The van der Waals surface area contributed by atoms with Crippen molar-refractivity contribution in [3.8, 4) is 0 Å². The number of hydrogen-bond donors (Lipinski definition) is 2. The minimum atomic E-state index is -0.691. The monoisotopic (exact) mass is 312 g/mol. The minimum absolute atomic E-state index is 0.00363. The maximum atomic E-state index is 12.6. The van der Waals surface area contributed by atoms with Crippen LogP contribution in [0.3, 0.4) is 0 Å². The summed E-state index contributed by atoms with van der Waals surface area (Å²) < 4.78 is 10.6. The molecule has 2 rings (SSSR count). The molecule has 2 aliphatic rings. The largest absolute Gasteiger partial charge is 0.466 e. The molecule has 1 amide bonds. The van der Waals surface area contributed by atoms with Crippen LogP contribution in [-0.2, 0) is 19.1 Å². The van der Waals surface area contributed by atoms with E-state index in [2.05, 4.69) is 10.6 Å². The summed E-state index contributed by atoms with van der Waals surface area (Å²) >= 11 is 0. The van der Waals surface area contributed by atoms with Gasteiger partial charge in [-0.3, -0.25) is 9.59 Å². The van der Waals surface area contributed by atoms with E-state index < -0.39 is 5.60 Å². The molecule has 22 heavy (non-hydrogen) atoms. The van der Waals surface area contributed by atoms with Crippen molar-refractivity contribution in [2.24, 2.45) is 5.92 Å². The van der Waals surface area contributed by atoms with Crippen molar-refractivity contribution in [1.29, 1.82) is 0 Å². The molecule has 0 bridgehead atoms. The predicted octanol–water partition coefficient (Wildman–Crippen LogP) is 0.993. The van der Waals surface area contributed by atoms with Crippen LogP contribution in [-0.4, -0.2) is 50.3 Å². The molecule has 1 aliphatic carbocycles. The van der Waals surface area contributed by atoms with Crippen molar-refractivity contribution in [2.75, 3.05) is 26.8 Å². The van der Waals surface area contributed by atoms with E-state index in [0.29, 0.717) is 19.4 Å². The molecular weight excluding hydrogens is 284 g/mol. The van der Waals surface area contributed by atoms with Gasteiger partial charge in [0.2, 0.25) is 0 Å². The van der Waals surface area contributed by atoms with E-state index in [1.807, 2.05) is 6.92 Å². The van der Waals surface area contributed by atoms with E-state index in [-0.39, 0.29) is 23.8 Å². The van der Waals surface area contributed by atoms with Crippen LogP contribution >= 0.6 is 0 Å². The van der Waals surface area contributed by atoms with Crippen LogP contribution in [0.5, 0.6) is 0 Å². The molecule has 2 N–H and O–H groups in total. The highest BCUT2D eigenvalue weighted by molar-refractivity contribution is 5.85. The predicted molar refractivity (Wildman–Crippen MR) is 82.4 cm³/mol. The van der Waals surface area contributed by atoms with Crippen LogP contribution in [0.25, 0.3) is 0 Å². The lowest BCUT2D eigenvalue weighted by atomic mass is 9.85. The Morgan fingerprint density at radius 2 is 1.82 bits per heavy atom. The molecule has 1 saturated heterocycles. The SMILES string of the molecule is CCOC(=O)C1CCC(NC(=O)C2(OC)CCNCC2)CC1. The number of carbonyl (C=O) groups is 2. The van der Waals surface area contributed by atoms with E-state index in [9.17, 15) is 9.59 Å². The van der Waals surface area contributed by atoms with Gasteiger partial charge >= 0.3 is 5.97 Å². The standard InChI is InChI=1S/C16H28N2O4/c1-3-22-14(19)12-4-6-13(7-5-12)18-15(20)16(21-2)8-10-17-11-9-16/h12-13,17H,3-11H2,1-2H3,(H,18,20). The summed E-state index contributed by atoms with van der Waals surface area (Å²) in [6.07, 6.45) is 4.62. The fraction of sp³-hybridized carbons (Fsp3) is 0.875. The number of methoxy groups -OCH3 is 1. The Kier molecular flexibility index (Phi) is 6.20. The van der Waals surface area contributed by atoms with Gasteiger partial charge in [0.05, 0.1) is 12.5 Å². The molecule has 0 aromatic carbocycles. The maximum Gasteiger partial charge on any atom is 0.308 e. The maximum absolute atomic E-state index is 12.6. The number of hydrogen-bond acceptors (Lipinski definition) is 5. The van der Waals surface area contributed by atoms with Crippen LogP contribution in [0.15, 0.2) is 0 Å². The molecule has 1 saturated carbocycles. The summed E-state index contributed by atoms with van der Waals surface area (Å²) in [6.45, 7) is 3.86. The summed E-state index contributed by atoms with van der Waals surface area (Å²) in [5, 5.41) is 6.38. The van der Waals surface area contributed by atoms with Crippen molar-refractivity contribution >= 4 is 11.9 Å². The molecule has 0 aromatic heterocycles. The van der Waals surface area contributed by atoms with Gasteiger partial charge in [0.1, 0.15) is 5.60 Å². The summed E-state index contributed by atoms with van der Waals surface area (Å²) in [6, 6.07) is 0.139. The minimum Gasteiger partial charge on any atom is -0.466 e. The normalized spacial score (nSPS) is 27.9. The van der Waals surface area contributed by atoms with Gasteiger partial charge in [-0.2, -0.15) is 0 Å². The summed E-state index contributed by atoms with van der Waals surface area (Å²) in [7, 11) is 1.61. The van der Waals surface area contributed by atoms with Crippen LogP contribution in [0.1, 0.15) is 45.4 Å². The fourth-order valence-corrected chi connectivity index (χ4v) is 3.40. The zero-order valence-electron chi connectivity index (χ0n) is 13.7. The second-order valence-electron chi connectivity index (χ2n) is 6.22. The molecular formula is C16H28N2O4. The van der Waals surface area contributed by atoms with Crippen molar-refractivity contribution in [3.63, 3.8) is 0 Å². The van der Waals surface area contributed by atoms with Crippen molar-refractivity contribution < 1.29 is 19.1 Å². The van der Waals surface area contributed by atoms with Crippen molar-refractivity contribution in [3.05, 3.63) is 0 Å². The van der Waals surface area contributed by atoms with Crippen molar-refractivity contribution in [2.45, 2.75) is 57.1 Å². The highest BCUT2D eigenvalue weighted by Gasteiger charge is 2.41. The van der Waals surface area contributed by atoms with Gasteiger partial charge in [-0.1, -0.05) is 0 Å². The van der Waals surface area contributed by atoms with E-state index in [4.69, 9.17) is 9.47 Å². The second-order valence-corrected chi connectivity index (χ2v) is 6.22. The van der Waals surface area contributed by atoms with Crippen LogP contribution in [0.2, 0.25) is 0 Å². The fourth-order valence-electron chi connectivity index (χ4n) is 3.40. The Balaban J connectivity index is 1.82. The van der Waals surface area contributed by atoms with Crippen LogP contribution in [0, 0.1) is 5.92 Å². The van der Waals surface area contributed by atoms with Gasteiger partial charge in [-0.15, -0.1) is 0 Å². The lowest BCUT2D eigenvalue weighted by molar-refractivity contribution is -0.150. The molecule has 0 spiro atoms. The van der Waals surface area contributed by atoms with Gasteiger partial charge in [0.15, 0.2) is 0 Å². The van der Waals surface area contributed by atoms with Gasteiger partial charge in [0.25, 0.3) is 5.91 Å². The van der Waals surface area contributed by atoms with Gasteiger partial charge < -0.3 is 20.1 Å². The molecule has 6 heteroatoms. The number of ether oxygens (including phenoxy) is 2. The Bertz CT molecular complexity index is 386. The summed E-state index contributed by atoms with van der Waals surface area (Å²) in [5.41, 5.74) is -0.691. The van der Waals surface area contributed by atoms with Gasteiger partial charge in [-0.05, 0) is 58.5 Å². The van der Waals surface area contributed by atoms with Crippen LogP contribution < -0.4 is 10.6 Å². The van der Waals surface area contributed by atoms with Crippen LogP contribution in [0.4, 0.5) is 0 Å². The molecule has 1 aliphatic heterocycles. The Morgan fingerprint density at radius 1 is 1.18 bits per heavy atom. The number of rotatable bonds is 5. The van der Waals surface area contributed by atoms with Gasteiger partial charge in [0, 0.05) is 13.2 Å². The Labute approximate surface area is 132 Å². The number of esters is 1. The average Bonchev–Trinajstić information content (AvgIpc) is 2.56. The van der Waals surface area contributed by atoms with E-state index >= 15 is 0 Å². The molecule has 0 aromatic rings. The zero-order chi connectivity index (χ0) is 16.0. The molecule has 0 atom stereocenters. The first-order valence-corrected chi connectivity index (χ1v) is 8.35. The first-order valence-electron chi connectivity index (χ1n) is 8.35. The summed E-state index contributed by atoms with van der Waals surface area (Å²) in [5.74, 6) is -0.113. The first kappa shape index (κ1) is 17.2. The molecule has 6 nitrogen and oxygen atoms in total. The quantitative estimate of drug-likeness (QED) is 0.741. The molecule has 0 radical (unpaired) electrons. The summed E-state index contributed by atoms with van der Waals surface area (Å²) in [4.78, 5) is 24.3. The second kappa shape index (κ2) is 7.92. The smallest absolute Gasteiger partial charge is 0.308 e.